The van der Waals surface area contributed by atoms with Crippen molar-refractivity contribution in [3.05, 3.63) is 58.7 Å². The van der Waals surface area contributed by atoms with Gasteiger partial charge in [0.1, 0.15) is 0 Å². The minimum Gasteiger partial charge on any atom is -0.493 e. The van der Waals surface area contributed by atoms with E-state index in [0.29, 0.717) is 22.6 Å². The third kappa shape index (κ3) is 3.66. The molecule has 0 aliphatic heterocycles. The SMILES string of the molecule is COc1cc(C)c([C@@H](C)NC(=O)c2cccc(C#N)c2)cc1OC. The summed E-state index contributed by atoms with van der Waals surface area (Å²) in [7, 11) is 3.16. The summed E-state index contributed by atoms with van der Waals surface area (Å²) < 4.78 is 10.6. The van der Waals surface area contributed by atoms with E-state index in [0.717, 1.165) is 11.1 Å². The Morgan fingerprint density at radius 2 is 1.83 bits per heavy atom. The lowest BCUT2D eigenvalue weighted by molar-refractivity contribution is 0.0939. The number of carbonyl (C=O) groups is 1. The third-order valence-electron chi connectivity index (χ3n) is 3.84. The summed E-state index contributed by atoms with van der Waals surface area (Å²) in [4.78, 5) is 12.4. The topological polar surface area (TPSA) is 71.3 Å². The number of carbonyl (C=O) groups excluding carboxylic acids is 1. The number of benzene rings is 2. The van der Waals surface area contributed by atoms with Crippen LogP contribution in [-0.4, -0.2) is 20.1 Å². The molecule has 1 N–H and O–H groups in total. The number of aryl methyl sites for hydroxylation is 1. The minimum absolute atomic E-state index is 0.219. The number of nitriles is 1. The first-order valence-corrected chi connectivity index (χ1v) is 7.53. The van der Waals surface area contributed by atoms with E-state index in [9.17, 15) is 4.79 Å². The summed E-state index contributed by atoms with van der Waals surface area (Å²) >= 11 is 0. The van der Waals surface area contributed by atoms with Crippen LogP contribution >= 0.6 is 0 Å². The van der Waals surface area contributed by atoms with Crippen LogP contribution < -0.4 is 14.8 Å². The highest BCUT2D eigenvalue weighted by molar-refractivity contribution is 5.94. The lowest BCUT2D eigenvalue weighted by atomic mass is 10.0. The first kappa shape index (κ1) is 17.4. The monoisotopic (exact) mass is 324 g/mol. The third-order valence-corrected chi connectivity index (χ3v) is 3.84. The van der Waals surface area contributed by atoms with Gasteiger partial charge in [0.15, 0.2) is 11.5 Å². The van der Waals surface area contributed by atoms with Gasteiger partial charge in [-0.3, -0.25) is 4.79 Å². The van der Waals surface area contributed by atoms with Crippen molar-refractivity contribution >= 4 is 5.91 Å². The van der Waals surface area contributed by atoms with Gasteiger partial charge in [0.2, 0.25) is 0 Å². The molecule has 0 aliphatic rings. The van der Waals surface area contributed by atoms with Gasteiger partial charge in [-0.1, -0.05) is 6.07 Å². The quantitative estimate of drug-likeness (QED) is 0.915. The van der Waals surface area contributed by atoms with Crippen molar-refractivity contribution in [2.24, 2.45) is 0 Å². The molecule has 124 valence electrons. The van der Waals surface area contributed by atoms with E-state index in [2.05, 4.69) is 5.32 Å². The van der Waals surface area contributed by atoms with Crippen LogP contribution in [-0.2, 0) is 0 Å². The zero-order valence-corrected chi connectivity index (χ0v) is 14.2. The van der Waals surface area contributed by atoms with Crippen molar-refractivity contribution in [2.75, 3.05) is 14.2 Å². The van der Waals surface area contributed by atoms with Gasteiger partial charge >= 0.3 is 0 Å². The molecule has 2 rings (SSSR count). The highest BCUT2D eigenvalue weighted by Crippen LogP contribution is 2.32. The molecule has 0 saturated carbocycles. The van der Waals surface area contributed by atoms with Crippen molar-refractivity contribution < 1.29 is 14.3 Å². The maximum atomic E-state index is 12.4. The van der Waals surface area contributed by atoms with Gasteiger partial charge < -0.3 is 14.8 Å². The Labute approximate surface area is 141 Å². The van der Waals surface area contributed by atoms with Gasteiger partial charge in [0.25, 0.3) is 5.91 Å². The maximum absolute atomic E-state index is 12.4. The first-order chi connectivity index (χ1) is 11.5. The van der Waals surface area contributed by atoms with Gasteiger partial charge in [-0.2, -0.15) is 5.26 Å². The lowest BCUT2D eigenvalue weighted by Gasteiger charge is -2.19. The molecule has 0 unspecified atom stereocenters. The molecule has 0 bridgehead atoms. The molecule has 0 aliphatic carbocycles. The van der Waals surface area contributed by atoms with Gasteiger partial charge in [-0.15, -0.1) is 0 Å². The Morgan fingerprint density at radius 1 is 1.17 bits per heavy atom. The number of nitrogens with zero attached hydrogens (tertiary/aromatic N) is 1. The number of nitrogens with one attached hydrogen (secondary N) is 1. The summed E-state index contributed by atoms with van der Waals surface area (Å²) in [5.41, 5.74) is 2.85. The van der Waals surface area contributed by atoms with Gasteiger partial charge in [0.05, 0.1) is 31.9 Å². The van der Waals surface area contributed by atoms with Crippen molar-refractivity contribution in [3.63, 3.8) is 0 Å². The fourth-order valence-corrected chi connectivity index (χ4v) is 2.55. The average molecular weight is 324 g/mol. The molecule has 5 nitrogen and oxygen atoms in total. The van der Waals surface area contributed by atoms with Crippen molar-refractivity contribution in [2.45, 2.75) is 19.9 Å². The highest BCUT2D eigenvalue weighted by atomic mass is 16.5. The Kier molecular flexibility index (Phi) is 5.43. The molecule has 1 atom stereocenters. The second-order valence-electron chi connectivity index (χ2n) is 5.45. The zero-order valence-electron chi connectivity index (χ0n) is 14.2. The minimum atomic E-state index is -0.228. The second-order valence-corrected chi connectivity index (χ2v) is 5.45. The fraction of sp³-hybridized carbons (Fsp3) is 0.263. The predicted octanol–water partition coefficient (Wildman–Crippen LogP) is 3.37. The van der Waals surface area contributed by atoms with Crippen molar-refractivity contribution in [3.8, 4) is 17.6 Å². The van der Waals surface area contributed by atoms with E-state index in [4.69, 9.17) is 14.7 Å². The van der Waals surface area contributed by atoms with E-state index in [1.54, 1.807) is 38.5 Å². The number of amides is 1. The summed E-state index contributed by atoms with van der Waals surface area (Å²) in [6, 6.07) is 12.2. The number of rotatable bonds is 5. The lowest BCUT2D eigenvalue weighted by Crippen LogP contribution is -2.27. The molecule has 0 saturated heterocycles. The molecular weight excluding hydrogens is 304 g/mol. The Balaban J connectivity index is 2.24. The number of hydrogen-bond donors (Lipinski definition) is 1. The molecule has 2 aromatic rings. The Bertz CT molecular complexity index is 794. The van der Waals surface area contributed by atoms with Gasteiger partial charge in [-0.05, 0) is 55.3 Å². The average Bonchev–Trinajstić information content (AvgIpc) is 2.61. The van der Waals surface area contributed by atoms with Gasteiger partial charge in [0, 0.05) is 5.56 Å². The number of ether oxygens (including phenoxy) is 2. The number of methoxy groups -OCH3 is 2. The molecule has 0 heterocycles. The second kappa shape index (κ2) is 7.51. The summed E-state index contributed by atoms with van der Waals surface area (Å²) in [5.74, 6) is 1.04. The van der Waals surface area contributed by atoms with Crippen LogP contribution in [0.2, 0.25) is 0 Å². The Hall–Kier alpha value is -3.00. The molecule has 0 spiro atoms. The molecule has 1 amide bonds. The number of hydrogen-bond acceptors (Lipinski definition) is 4. The summed E-state index contributed by atoms with van der Waals surface area (Å²) in [6.45, 7) is 3.86. The molecule has 0 fully saturated rings. The normalized spacial score (nSPS) is 11.3. The molecular formula is C19H20N2O3. The first-order valence-electron chi connectivity index (χ1n) is 7.53. The van der Waals surface area contributed by atoms with E-state index >= 15 is 0 Å². The molecule has 0 aromatic heterocycles. The molecule has 24 heavy (non-hydrogen) atoms. The summed E-state index contributed by atoms with van der Waals surface area (Å²) in [6.07, 6.45) is 0. The smallest absolute Gasteiger partial charge is 0.251 e. The van der Waals surface area contributed by atoms with Crippen molar-refractivity contribution in [1.82, 2.24) is 5.32 Å². The van der Waals surface area contributed by atoms with E-state index in [1.807, 2.05) is 32.0 Å². The molecule has 0 radical (unpaired) electrons. The predicted molar refractivity (Wildman–Crippen MR) is 91.3 cm³/mol. The maximum Gasteiger partial charge on any atom is 0.251 e. The van der Waals surface area contributed by atoms with Crippen LogP contribution in [0.4, 0.5) is 0 Å². The van der Waals surface area contributed by atoms with Gasteiger partial charge in [-0.25, -0.2) is 0 Å². The standard InChI is InChI=1S/C19H20N2O3/c1-12-8-17(23-3)18(24-4)10-16(12)13(2)21-19(22)15-7-5-6-14(9-15)11-20/h5-10,13H,1-4H3,(H,21,22)/t13-/m1/s1. The summed E-state index contributed by atoms with van der Waals surface area (Å²) in [5, 5.41) is 11.9. The van der Waals surface area contributed by atoms with Crippen LogP contribution in [0.25, 0.3) is 0 Å². The molecule has 5 heteroatoms. The van der Waals surface area contributed by atoms with E-state index < -0.39 is 0 Å². The van der Waals surface area contributed by atoms with Crippen LogP contribution in [0.5, 0.6) is 11.5 Å². The van der Waals surface area contributed by atoms with E-state index in [-0.39, 0.29) is 11.9 Å². The van der Waals surface area contributed by atoms with Crippen molar-refractivity contribution in [1.29, 1.82) is 5.26 Å². The fourth-order valence-electron chi connectivity index (χ4n) is 2.55. The van der Waals surface area contributed by atoms with E-state index in [1.165, 1.54) is 0 Å². The molecule has 2 aromatic carbocycles. The Morgan fingerprint density at radius 3 is 2.46 bits per heavy atom. The largest absolute Gasteiger partial charge is 0.493 e. The van der Waals surface area contributed by atoms with Crippen LogP contribution in [0.1, 0.15) is 40.0 Å². The zero-order chi connectivity index (χ0) is 17.7. The highest BCUT2D eigenvalue weighted by Gasteiger charge is 2.16. The van der Waals surface area contributed by atoms with Crippen LogP contribution in [0.3, 0.4) is 0 Å². The van der Waals surface area contributed by atoms with Crippen LogP contribution in [0, 0.1) is 18.3 Å². The van der Waals surface area contributed by atoms with Crippen LogP contribution in [0.15, 0.2) is 36.4 Å².